The van der Waals surface area contributed by atoms with Crippen LogP contribution in [0, 0.1) is 10.1 Å². The molecule has 1 N–H and O–H groups in total. The molecule has 9 heteroatoms. The maximum Gasteiger partial charge on any atom is 0.357 e. The minimum absolute atomic E-state index is 0.114. The molecule has 2 aromatic heterocycles. The molecule has 0 aliphatic rings. The van der Waals surface area contributed by atoms with Crippen molar-refractivity contribution in [1.29, 1.82) is 0 Å². The van der Waals surface area contributed by atoms with Crippen molar-refractivity contribution in [1.82, 2.24) is 14.8 Å². The standard InChI is InChI=1S/C11H10N4O5/c1-2-20-11(17)8-6-9(16)13-14(8)10-7(15(18)19)4-3-5-12-10/h3-6H,2H2,1H3,(H,13,16). The fraction of sp³-hybridized carbons (Fsp3) is 0.182. The van der Waals surface area contributed by atoms with Gasteiger partial charge in [0, 0.05) is 18.3 Å². The van der Waals surface area contributed by atoms with Crippen LogP contribution in [-0.4, -0.2) is 32.3 Å². The second-order valence-electron chi connectivity index (χ2n) is 3.66. The summed E-state index contributed by atoms with van der Waals surface area (Å²) in [6.45, 7) is 1.72. The van der Waals surface area contributed by atoms with E-state index in [2.05, 4.69) is 10.1 Å². The molecule has 0 amide bonds. The first-order chi connectivity index (χ1) is 9.54. The predicted molar refractivity (Wildman–Crippen MR) is 66.8 cm³/mol. The second-order valence-corrected chi connectivity index (χ2v) is 3.66. The summed E-state index contributed by atoms with van der Waals surface area (Å²) >= 11 is 0. The van der Waals surface area contributed by atoms with E-state index < -0.39 is 16.5 Å². The van der Waals surface area contributed by atoms with Crippen LogP contribution >= 0.6 is 0 Å². The number of carbonyl (C=O) groups is 1. The number of carbonyl (C=O) groups excluding carboxylic acids is 1. The number of nitrogens with zero attached hydrogens (tertiary/aromatic N) is 3. The zero-order chi connectivity index (χ0) is 14.7. The minimum atomic E-state index is -0.772. The minimum Gasteiger partial charge on any atom is -0.461 e. The van der Waals surface area contributed by atoms with Crippen LogP contribution in [0.3, 0.4) is 0 Å². The van der Waals surface area contributed by atoms with Crippen LogP contribution in [0.1, 0.15) is 17.4 Å². The van der Waals surface area contributed by atoms with Crippen LogP contribution in [0.4, 0.5) is 5.69 Å². The summed E-state index contributed by atoms with van der Waals surface area (Å²) < 4.78 is 5.73. The largest absolute Gasteiger partial charge is 0.461 e. The first-order valence-corrected chi connectivity index (χ1v) is 5.63. The summed E-state index contributed by atoms with van der Waals surface area (Å²) in [6, 6.07) is 3.60. The fourth-order valence-corrected chi connectivity index (χ4v) is 1.62. The van der Waals surface area contributed by atoms with Crippen molar-refractivity contribution in [2.24, 2.45) is 0 Å². The molecule has 0 saturated heterocycles. The molecule has 0 radical (unpaired) electrons. The van der Waals surface area contributed by atoms with Gasteiger partial charge in [-0.2, -0.15) is 0 Å². The van der Waals surface area contributed by atoms with Gasteiger partial charge < -0.3 is 4.74 Å². The van der Waals surface area contributed by atoms with E-state index in [1.807, 2.05) is 0 Å². The van der Waals surface area contributed by atoms with E-state index >= 15 is 0 Å². The molecule has 0 fully saturated rings. The van der Waals surface area contributed by atoms with Gasteiger partial charge in [-0.3, -0.25) is 20.0 Å². The molecule has 0 aromatic carbocycles. The maximum absolute atomic E-state index is 11.7. The van der Waals surface area contributed by atoms with Gasteiger partial charge in [0.05, 0.1) is 11.5 Å². The lowest BCUT2D eigenvalue weighted by Crippen LogP contribution is -2.14. The number of H-pyrrole nitrogens is 1. The molecular weight excluding hydrogens is 268 g/mol. The first-order valence-electron chi connectivity index (χ1n) is 5.63. The molecule has 2 heterocycles. The number of aromatic nitrogens is 3. The highest BCUT2D eigenvalue weighted by atomic mass is 16.6. The van der Waals surface area contributed by atoms with E-state index in [9.17, 15) is 19.7 Å². The third-order valence-corrected chi connectivity index (χ3v) is 2.39. The monoisotopic (exact) mass is 278 g/mol. The molecule has 0 unspecified atom stereocenters. The number of hydrogen-bond donors (Lipinski definition) is 1. The normalized spacial score (nSPS) is 10.2. The van der Waals surface area contributed by atoms with Gasteiger partial charge in [-0.25, -0.2) is 14.5 Å². The Hall–Kier alpha value is -2.97. The van der Waals surface area contributed by atoms with E-state index in [4.69, 9.17) is 4.74 Å². The van der Waals surface area contributed by atoms with Crippen molar-refractivity contribution >= 4 is 11.7 Å². The second kappa shape index (κ2) is 5.34. The topological polar surface area (TPSA) is 120 Å². The first kappa shape index (κ1) is 13.5. The number of pyridine rings is 1. The Morgan fingerprint density at radius 2 is 2.35 bits per heavy atom. The van der Waals surface area contributed by atoms with E-state index in [0.29, 0.717) is 0 Å². The molecule has 0 aliphatic carbocycles. The van der Waals surface area contributed by atoms with E-state index in [1.165, 1.54) is 18.3 Å². The number of hydrogen-bond acceptors (Lipinski definition) is 6. The highest BCUT2D eigenvalue weighted by Gasteiger charge is 2.23. The lowest BCUT2D eigenvalue weighted by Gasteiger charge is -2.06. The fourth-order valence-electron chi connectivity index (χ4n) is 1.62. The molecule has 9 nitrogen and oxygen atoms in total. The van der Waals surface area contributed by atoms with Crippen molar-refractivity contribution in [3.63, 3.8) is 0 Å². The number of rotatable bonds is 4. The van der Waals surface area contributed by atoms with E-state index in [0.717, 1.165) is 10.7 Å². The Balaban J connectivity index is 2.62. The third kappa shape index (κ3) is 2.41. The zero-order valence-corrected chi connectivity index (χ0v) is 10.4. The molecule has 0 aliphatic heterocycles. The molecule has 0 bridgehead atoms. The van der Waals surface area contributed by atoms with Gasteiger partial charge in [0.1, 0.15) is 0 Å². The van der Waals surface area contributed by atoms with Crippen LogP contribution < -0.4 is 5.56 Å². The van der Waals surface area contributed by atoms with Crippen molar-refractivity contribution in [2.75, 3.05) is 6.61 Å². The molecule has 20 heavy (non-hydrogen) atoms. The van der Waals surface area contributed by atoms with Crippen molar-refractivity contribution < 1.29 is 14.5 Å². The molecule has 0 saturated carbocycles. The van der Waals surface area contributed by atoms with Gasteiger partial charge in [-0.1, -0.05) is 0 Å². The van der Waals surface area contributed by atoms with Crippen LogP contribution in [0.25, 0.3) is 5.82 Å². The molecular formula is C11H10N4O5. The van der Waals surface area contributed by atoms with Crippen molar-refractivity contribution in [2.45, 2.75) is 6.92 Å². The van der Waals surface area contributed by atoms with Crippen LogP contribution in [-0.2, 0) is 4.74 Å². The highest BCUT2D eigenvalue weighted by molar-refractivity contribution is 5.88. The Morgan fingerprint density at radius 1 is 1.60 bits per heavy atom. The third-order valence-electron chi connectivity index (χ3n) is 2.39. The molecule has 0 spiro atoms. The predicted octanol–water partition coefficient (Wildman–Crippen LogP) is 0.645. The van der Waals surface area contributed by atoms with Gasteiger partial charge in [0.2, 0.25) is 5.82 Å². The molecule has 104 valence electrons. The summed E-state index contributed by atoms with van der Waals surface area (Å²) in [5.41, 5.74) is -1.09. The van der Waals surface area contributed by atoms with E-state index in [1.54, 1.807) is 6.92 Å². The number of nitro groups is 1. The summed E-state index contributed by atoms with van der Waals surface area (Å²) in [7, 11) is 0. The number of aromatic amines is 1. The Bertz CT molecular complexity index is 718. The Labute approximate surface area is 111 Å². The van der Waals surface area contributed by atoms with Gasteiger partial charge in [-0.15, -0.1) is 0 Å². The average Bonchev–Trinajstić information content (AvgIpc) is 2.81. The summed E-state index contributed by atoms with van der Waals surface area (Å²) in [4.78, 5) is 37.3. The van der Waals surface area contributed by atoms with Crippen LogP contribution in [0.2, 0.25) is 0 Å². The summed E-state index contributed by atoms with van der Waals surface area (Å²) in [5, 5.41) is 13.2. The zero-order valence-electron chi connectivity index (χ0n) is 10.4. The van der Waals surface area contributed by atoms with Crippen LogP contribution in [0.5, 0.6) is 0 Å². The van der Waals surface area contributed by atoms with Crippen molar-refractivity contribution in [3.05, 3.63) is 50.6 Å². The quantitative estimate of drug-likeness (QED) is 0.498. The molecule has 0 atom stereocenters. The van der Waals surface area contributed by atoms with Gasteiger partial charge in [0.15, 0.2) is 5.69 Å². The number of esters is 1. The maximum atomic E-state index is 11.7. The SMILES string of the molecule is CCOC(=O)c1cc(=O)[nH]n1-c1ncccc1[N+](=O)[O-]. The lowest BCUT2D eigenvalue weighted by atomic mass is 10.3. The Morgan fingerprint density at radius 3 is 3.00 bits per heavy atom. The van der Waals surface area contributed by atoms with Gasteiger partial charge in [-0.05, 0) is 13.0 Å². The van der Waals surface area contributed by atoms with Gasteiger partial charge >= 0.3 is 11.7 Å². The average molecular weight is 278 g/mol. The van der Waals surface area contributed by atoms with Gasteiger partial charge in [0.25, 0.3) is 5.56 Å². The lowest BCUT2D eigenvalue weighted by molar-refractivity contribution is -0.384. The number of nitrogens with one attached hydrogen (secondary N) is 1. The number of ether oxygens (including phenoxy) is 1. The summed E-state index contributed by atoms with van der Waals surface area (Å²) in [6.07, 6.45) is 1.32. The molecule has 2 aromatic rings. The highest BCUT2D eigenvalue weighted by Crippen LogP contribution is 2.19. The molecule has 2 rings (SSSR count). The smallest absolute Gasteiger partial charge is 0.357 e. The van der Waals surface area contributed by atoms with Crippen molar-refractivity contribution in [3.8, 4) is 5.82 Å². The van der Waals surface area contributed by atoms with Crippen LogP contribution in [0.15, 0.2) is 29.2 Å². The Kier molecular flexibility index (Phi) is 3.60. The summed E-state index contributed by atoms with van der Waals surface area (Å²) in [5.74, 6) is -0.937. The van der Waals surface area contributed by atoms with E-state index in [-0.39, 0.29) is 23.8 Å².